The number of hydrogen-bond acceptors (Lipinski definition) is 3. The molecule has 0 bridgehead atoms. The predicted molar refractivity (Wildman–Crippen MR) is 90.2 cm³/mol. The third-order valence-electron chi connectivity index (χ3n) is 3.18. The first kappa shape index (κ1) is 14.8. The van der Waals surface area contributed by atoms with Crippen LogP contribution in [0, 0.1) is 5.92 Å². The number of hydrazone groups is 1. The monoisotopic (exact) mass is 382 g/mol. The van der Waals surface area contributed by atoms with Crippen molar-refractivity contribution >= 4 is 50.5 Å². The molecule has 0 saturated heterocycles. The van der Waals surface area contributed by atoms with Gasteiger partial charge in [0.1, 0.15) is 0 Å². The molecule has 1 amide bonds. The Balaban J connectivity index is 1.78. The smallest absolute Gasteiger partial charge is 0.266 e. The molecule has 0 aliphatic heterocycles. The van der Waals surface area contributed by atoms with Crippen LogP contribution in [-0.4, -0.2) is 11.6 Å². The van der Waals surface area contributed by atoms with Gasteiger partial charge in [0.05, 0.1) is 14.9 Å². The van der Waals surface area contributed by atoms with Gasteiger partial charge in [-0.15, -0.1) is 11.3 Å². The molecule has 1 saturated carbocycles. The van der Waals surface area contributed by atoms with Crippen molar-refractivity contribution in [2.45, 2.75) is 12.8 Å². The van der Waals surface area contributed by atoms with E-state index in [0.717, 1.165) is 28.6 Å². The van der Waals surface area contributed by atoms with E-state index in [-0.39, 0.29) is 5.91 Å². The van der Waals surface area contributed by atoms with Gasteiger partial charge in [-0.05, 0) is 42.7 Å². The van der Waals surface area contributed by atoms with E-state index in [1.807, 2.05) is 24.3 Å². The number of halogens is 2. The minimum Gasteiger partial charge on any atom is -0.266 e. The lowest BCUT2D eigenvalue weighted by atomic mass is 10.1. The fourth-order valence-electron chi connectivity index (χ4n) is 1.97. The Bertz CT molecular complexity index is 692. The van der Waals surface area contributed by atoms with Gasteiger partial charge in [0.25, 0.3) is 5.91 Å². The van der Waals surface area contributed by atoms with Gasteiger partial charge in [-0.25, -0.2) is 5.43 Å². The van der Waals surface area contributed by atoms with E-state index in [0.29, 0.717) is 15.1 Å². The maximum absolute atomic E-state index is 12.0. The first-order valence-corrected chi connectivity index (χ1v) is 8.51. The van der Waals surface area contributed by atoms with Gasteiger partial charge >= 0.3 is 0 Å². The van der Waals surface area contributed by atoms with Crippen LogP contribution in [0.3, 0.4) is 0 Å². The second kappa shape index (κ2) is 6.30. The summed E-state index contributed by atoms with van der Waals surface area (Å²) in [5.74, 6) is 0.223. The molecule has 2 aromatic rings. The number of rotatable bonds is 4. The summed E-state index contributed by atoms with van der Waals surface area (Å²) in [5.41, 5.74) is 4.63. The number of carbonyl (C=O) groups excluding carboxylic acids is 1. The zero-order valence-corrected chi connectivity index (χ0v) is 14.1. The molecule has 1 fully saturated rings. The molecule has 3 nitrogen and oxygen atoms in total. The first-order valence-electron chi connectivity index (χ1n) is 6.52. The molecular weight excluding hydrogens is 372 g/mol. The average Bonchev–Trinajstić information content (AvgIpc) is 3.22. The molecule has 21 heavy (non-hydrogen) atoms. The van der Waals surface area contributed by atoms with Gasteiger partial charge < -0.3 is 0 Å². The summed E-state index contributed by atoms with van der Waals surface area (Å²) in [6.07, 6.45) is 2.24. The lowest BCUT2D eigenvalue weighted by Crippen LogP contribution is -2.20. The van der Waals surface area contributed by atoms with E-state index < -0.39 is 0 Å². The highest BCUT2D eigenvalue weighted by atomic mass is 79.9. The number of hydrogen-bond donors (Lipinski definition) is 1. The summed E-state index contributed by atoms with van der Waals surface area (Å²) in [6, 6.07) is 11.4. The highest BCUT2D eigenvalue weighted by Crippen LogP contribution is 2.33. The molecule has 1 aromatic carbocycles. The second-order valence-electron chi connectivity index (χ2n) is 4.82. The molecule has 0 atom stereocenters. The third-order valence-corrected chi connectivity index (χ3v) is 4.94. The van der Waals surface area contributed by atoms with Crippen molar-refractivity contribution in [2.24, 2.45) is 11.0 Å². The zero-order chi connectivity index (χ0) is 14.8. The number of nitrogens with one attached hydrogen (secondary N) is 1. The number of thiophene rings is 1. The zero-order valence-electron chi connectivity index (χ0n) is 11.0. The molecule has 6 heteroatoms. The Labute approximate surface area is 140 Å². The summed E-state index contributed by atoms with van der Waals surface area (Å²) in [5, 5.41) is 4.34. The average molecular weight is 384 g/mol. The van der Waals surface area contributed by atoms with Gasteiger partial charge in [-0.1, -0.05) is 39.7 Å². The van der Waals surface area contributed by atoms with E-state index in [1.54, 1.807) is 12.1 Å². The lowest BCUT2D eigenvalue weighted by Gasteiger charge is -2.06. The standard InChI is InChI=1S/C15H12BrClN2OS/c16-11-5-3-10(4-6-11)14(9-1-2-9)18-19-15(20)12-7-8-13(17)21-12/h3-9H,1-2H2,(H,19,20). The molecule has 1 aliphatic rings. The predicted octanol–water partition coefficient (Wildman–Crippen LogP) is 4.71. The first-order chi connectivity index (χ1) is 10.1. The summed E-state index contributed by atoms with van der Waals surface area (Å²) in [6.45, 7) is 0. The van der Waals surface area contributed by atoms with E-state index >= 15 is 0 Å². The molecule has 1 N–H and O–H groups in total. The van der Waals surface area contributed by atoms with Gasteiger partial charge in [0, 0.05) is 10.4 Å². The fourth-order valence-corrected chi connectivity index (χ4v) is 3.17. The van der Waals surface area contributed by atoms with Crippen molar-refractivity contribution in [3.8, 4) is 0 Å². The van der Waals surface area contributed by atoms with Gasteiger partial charge in [-0.3, -0.25) is 4.79 Å². The maximum Gasteiger partial charge on any atom is 0.281 e. The van der Waals surface area contributed by atoms with Crippen molar-refractivity contribution in [1.82, 2.24) is 5.43 Å². The number of amides is 1. The Morgan fingerprint density at radius 1 is 1.24 bits per heavy atom. The Morgan fingerprint density at radius 3 is 2.52 bits per heavy atom. The van der Waals surface area contributed by atoms with Crippen LogP contribution in [-0.2, 0) is 0 Å². The molecule has 0 radical (unpaired) electrons. The van der Waals surface area contributed by atoms with Crippen LogP contribution in [0.1, 0.15) is 28.1 Å². The van der Waals surface area contributed by atoms with Gasteiger partial charge in [0.2, 0.25) is 0 Å². The van der Waals surface area contributed by atoms with E-state index in [1.165, 1.54) is 11.3 Å². The molecule has 0 unspecified atom stereocenters. The Kier molecular flexibility index (Phi) is 4.42. The summed E-state index contributed by atoms with van der Waals surface area (Å²) >= 11 is 10.5. The lowest BCUT2D eigenvalue weighted by molar-refractivity contribution is 0.0959. The van der Waals surface area contributed by atoms with E-state index in [2.05, 4.69) is 26.5 Å². The molecule has 0 spiro atoms. The Morgan fingerprint density at radius 2 is 1.95 bits per heavy atom. The van der Waals surface area contributed by atoms with Crippen LogP contribution in [0.5, 0.6) is 0 Å². The van der Waals surface area contributed by atoms with E-state index in [4.69, 9.17) is 11.6 Å². The number of benzene rings is 1. The van der Waals surface area contributed by atoms with Crippen LogP contribution < -0.4 is 5.43 Å². The molecule has 1 aromatic heterocycles. The molecule has 1 aliphatic carbocycles. The quantitative estimate of drug-likeness (QED) is 0.603. The molecular formula is C15H12BrClN2OS. The largest absolute Gasteiger partial charge is 0.281 e. The van der Waals surface area contributed by atoms with Crippen LogP contribution in [0.15, 0.2) is 46.0 Å². The highest BCUT2D eigenvalue weighted by molar-refractivity contribution is 9.10. The van der Waals surface area contributed by atoms with Crippen molar-refractivity contribution in [3.63, 3.8) is 0 Å². The second-order valence-corrected chi connectivity index (χ2v) is 7.45. The van der Waals surface area contributed by atoms with Crippen LogP contribution in [0.25, 0.3) is 0 Å². The van der Waals surface area contributed by atoms with Crippen molar-refractivity contribution < 1.29 is 4.79 Å². The maximum atomic E-state index is 12.0. The fraction of sp³-hybridized carbons (Fsp3) is 0.200. The van der Waals surface area contributed by atoms with Crippen LogP contribution >= 0.6 is 38.9 Å². The highest BCUT2D eigenvalue weighted by Gasteiger charge is 2.29. The molecule has 3 rings (SSSR count). The van der Waals surface area contributed by atoms with Crippen LogP contribution in [0.4, 0.5) is 0 Å². The van der Waals surface area contributed by atoms with Crippen molar-refractivity contribution in [1.29, 1.82) is 0 Å². The van der Waals surface area contributed by atoms with Crippen molar-refractivity contribution in [3.05, 3.63) is 55.6 Å². The number of carbonyl (C=O) groups is 1. The number of nitrogens with zero attached hydrogens (tertiary/aromatic N) is 1. The van der Waals surface area contributed by atoms with Gasteiger partial charge in [-0.2, -0.15) is 5.10 Å². The third kappa shape index (κ3) is 3.73. The summed E-state index contributed by atoms with van der Waals surface area (Å²) in [7, 11) is 0. The summed E-state index contributed by atoms with van der Waals surface area (Å²) < 4.78 is 1.62. The molecule has 108 valence electrons. The van der Waals surface area contributed by atoms with E-state index in [9.17, 15) is 4.79 Å². The normalized spacial score (nSPS) is 15.0. The van der Waals surface area contributed by atoms with Crippen LogP contribution in [0.2, 0.25) is 4.34 Å². The van der Waals surface area contributed by atoms with Crippen molar-refractivity contribution in [2.75, 3.05) is 0 Å². The topological polar surface area (TPSA) is 41.5 Å². The Hall–Kier alpha value is -1.17. The molecule has 1 heterocycles. The SMILES string of the molecule is O=C(NN=C(c1ccc(Br)cc1)C1CC1)c1ccc(Cl)s1. The minimum absolute atomic E-state index is 0.220. The summed E-state index contributed by atoms with van der Waals surface area (Å²) in [4.78, 5) is 12.6. The van der Waals surface area contributed by atoms with Gasteiger partial charge in [0.15, 0.2) is 0 Å². The minimum atomic E-state index is -0.220.